The van der Waals surface area contributed by atoms with Gasteiger partial charge in [0.05, 0.1) is 6.04 Å². The van der Waals surface area contributed by atoms with E-state index >= 15 is 0 Å². The van der Waals surface area contributed by atoms with Gasteiger partial charge in [0.2, 0.25) is 0 Å². The molecule has 3 saturated heterocycles. The second-order valence-electron chi connectivity index (χ2n) is 10.2. The van der Waals surface area contributed by atoms with Crippen LogP contribution in [0.3, 0.4) is 0 Å². The topological polar surface area (TPSA) is 46.1 Å². The first kappa shape index (κ1) is 23.4. The van der Waals surface area contributed by atoms with E-state index in [4.69, 9.17) is 0 Å². The van der Waals surface area contributed by atoms with Crippen molar-refractivity contribution in [2.24, 2.45) is 4.99 Å². The molecule has 0 aromatic heterocycles. The number of nitrogens with one attached hydrogen (secondary N) is 2. The van der Waals surface area contributed by atoms with Gasteiger partial charge >= 0.3 is 0 Å². The molecule has 1 unspecified atom stereocenters. The SMILES string of the molecule is CN=C(NCC1(N2CCCCC2)CCN(C)CC1)NC(C)c1cccc(N2CCCC2)c1. The highest BCUT2D eigenvalue weighted by molar-refractivity contribution is 5.80. The standard InChI is InChI=1S/C26H44N6/c1-22(23-10-9-11-24(20-23)31-14-7-8-15-31)29-25(27-2)28-21-26(12-18-30(3)19-13-26)32-16-5-4-6-17-32/h9-11,20,22H,4-8,12-19,21H2,1-3H3,(H2,27,28,29). The lowest BCUT2D eigenvalue weighted by atomic mass is 9.84. The summed E-state index contributed by atoms with van der Waals surface area (Å²) in [5.74, 6) is 0.916. The quantitative estimate of drug-likeness (QED) is 0.524. The van der Waals surface area contributed by atoms with Crippen molar-refractivity contribution >= 4 is 11.6 Å². The highest BCUT2D eigenvalue weighted by Crippen LogP contribution is 2.31. The van der Waals surface area contributed by atoms with Crippen LogP contribution in [0.15, 0.2) is 29.3 Å². The van der Waals surface area contributed by atoms with Crippen molar-refractivity contribution in [3.63, 3.8) is 0 Å². The number of nitrogens with zero attached hydrogens (tertiary/aromatic N) is 4. The van der Waals surface area contributed by atoms with Gasteiger partial charge in [0, 0.05) is 37.9 Å². The lowest BCUT2D eigenvalue weighted by Crippen LogP contribution is -2.62. The van der Waals surface area contributed by atoms with E-state index in [-0.39, 0.29) is 11.6 Å². The average Bonchev–Trinajstić information content (AvgIpc) is 3.39. The zero-order valence-corrected chi connectivity index (χ0v) is 20.6. The van der Waals surface area contributed by atoms with Gasteiger partial charge in [0.25, 0.3) is 0 Å². The van der Waals surface area contributed by atoms with E-state index in [1.165, 1.54) is 95.5 Å². The summed E-state index contributed by atoms with van der Waals surface area (Å²) in [5, 5.41) is 7.39. The number of likely N-dealkylation sites (tertiary alicyclic amines) is 2. The second-order valence-corrected chi connectivity index (χ2v) is 10.2. The third-order valence-corrected chi connectivity index (χ3v) is 7.95. The number of rotatable bonds is 6. The summed E-state index contributed by atoms with van der Waals surface area (Å²) in [4.78, 5) is 12.4. The van der Waals surface area contributed by atoms with Crippen LogP contribution in [0.4, 0.5) is 5.69 Å². The molecular weight excluding hydrogens is 396 g/mol. The summed E-state index contributed by atoms with van der Waals surface area (Å²) in [6, 6.07) is 9.24. The van der Waals surface area contributed by atoms with Gasteiger partial charge in [-0.05, 0) is 96.4 Å². The monoisotopic (exact) mass is 440 g/mol. The lowest BCUT2D eigenvalue weighted by Gasteiger charge is -2.50. The molecule has 178 valence electrons. The molecule has 32 heavy (non-hydrogen) atoms. The van der Waals surface area contributed by atoms with Crippen molar-refractivity contribution in [1.29, 1.82) is 0 Å². The number of guanidine groups is 1. The van der Waals surface area contributed by atoms with Gasteiger partial charge in [-0.3, -0.25) is 9.89 Å². The zero-order valence-electron chi connectivity index (χ0n) is 20.6. The summed E-state index contributed by atoms with van der Waals surface area (Å²) in [6.07, 6.45) is 9.16. The van der Waals surface area contributed by atoms with Crippen molar-refractivity contribution < 1.29 is 0 Å². The van der Waals surface area contributed by atoms with Crippen LogP contribution in [-0.2, 0) is 0 Å². The Hall–Kier alpha value is -1.79. The maximum absolute atomic E-state index is 4.58. The molecular formula is C26H44N6. The first-order valence-electron chi connectivity index (χ1n) is 12.9. The average molecular weight is 441 g/mol. The molecule has 1 atom stereocenters. The van der Waals surface area contributed by atoms with Crippen LogP contribution in [-0.4, -0.2) is 81.2 Å². The molecule has 3 aliphatic heterocycles. The Labute approximate surface area is 195 Å². The predicted octanol–water partition coefficient (Wildman–Crippen LogP) is 3.46. The zero-order chi connectivity index (χ0) is 22.4. The van der Waals surface area contributed by atoms with Crippen LogP contribution in [0.1, 0.15) is 63.5 Å². The molecule has 6 heteroatoms. The molecule has 0 bridgehead atoms. The molecule has 3 fully saturated rings. The van der Waals surface area contributed by atoms with E-state index in [1.807, 2.05) is 7.05 Å². The minimum atomic E-state index is 0.215. The summed E-state index contributed by atoms with van der Waals surface area (Å²) >= 11 is 0. The Kier molecular flexibility index (Phi) is 7.95. The van der Waals surface area contributed by atoms with Crippen LogP contribution >= 0.6 is 0 Å². The summed E-state index contributed by atoms with van der Waals surface area (Å²) in [6.45, 7) is 10.4. The van der Waals surface area contributed by atoms with E-state index in [0.29, 0.717) is 0 Å². The summed E-state index contributed by atoms with van der Waals surface area (Å²) in [7, 11) is 4.15. The van der Waals surface area contributed by atoms with Crippen LogP contribution in [0.2, 0.25) is 0 Å². The number of hydrogen-bond acceptors (Lipinski definition) is 4. The minimum absolute atomic E-state index is 0.215. The van der Waals surface area contributed by atoms with Gasteiger partial charge in [-0.25, -0.2) is 0 Å². The Balaban J connectivity index is 1.38. The van der Waals surface area contributed by atoms with E-state index in [0.717, 1.165) is 12.5 Å². The number of benzene rings is 1. The van der Waals surface area contributed by atoms with Crippen molar-refractivity contribution in [1.82, 2.24) is 20.4 Å². The van der Waals surface area contributed by atoms with Gasteiger partial charge < -0.3 is 20.4 Å². The molecule has 0 radical (unpaired) electrons. The molecule has 0 aliphatic carbocycles. The Morgan fingerprint density at radius 2 is 1.69 bits per heavy atom. The van der Waals surface area contributed by atoms with E-state index < -0.39 is 0 Å². The van der Waals surface area contributed by atoms with Crippen molar-refractivity contribution in [2.75, 3.05) is 64.8 Å². The number of piperidine rings is 2. The van der Waals surface area contributed by atoms with Gasteiger partial charge in [-0.15, -0.1) is 0 Å². The van der Waals surface area contributed by atoms with Crippen LogP contribution < -0.4 is 15.5 Å². The molecule has 2 N–H and O–H groups in total. The fourth-order valence-electron chi connectivity index (χ4n) is 5.71. The molecule has 1 aromatic carbocycles. The molecule has 0 amide bonds. The van der Waals surface area contributed by atoms with Gasteiger partial charge in [-0.2, -0.15) is 0 Å². The normalized spacial score (nSPS) is 23.8. The van der Waals surface area contributed by atoms with Gasteiger partial charge in [-0.1, -0.05) is 18.6 Å². The second kappa shape index (κ2) is 10.9. The van der Waals surface area contributed by atoms with Crippen molar-refractivity contribution in [3.05, 3.63) is 29.8 Å². The number of hydrogen-bond donors (Lipinski definition) is 2. The van der Waals surface area contributed by atoms with E-state index in [9.17, 15) is 0 Å². The van der Waals surface area contributed by atoms with E-state index in [2.05, 4.69) is 68.6 Å². The third-order valence-electron chi connectivity index (χ3n) is 7.95. The maximum Gasteiger partial charge on any atom is 0.191 e. The fraction of sp³-hybridized carbons (Fsp3) is 0.731. The summed E-state index contributed by atoms with van der Waals surface area (Å²) in [5.41, 5.74) is 2.93. The van der Waals surface area contributed by atoms with E-state index in [1.54, 1.807) is 0 Å². The molecule has 3 heterocycles. The molecule has 0 spiro atoms. The van der Waals surface area contributed by atoms with Crippen LogP contribution in [0.5, 0.6) is 0 Å². The smallest absolute Gasteiger partial charge is 0.191 e. The first-order chi connectivity index (χ1) is 15.6. The van der Waals surface area contributed by atoms with Gasteiger partial charge in [0.1, 0.15) is 0 Å². The fourth-order valence-corrected chi connectivity index (χ4v) is 5.71. The minimum Gasteiger partial charge on any atom is -0.372 e. The third kappa shape index (κ3) is 5.57. The highest BCUT2D eigenvalue weighted by atomic mass is 15.3. The first-order valence-corrected chi connectivity index (χ1v) is 12.9. The molecule has 1 aromatic rings. The van der Waals surface area contributed by atoms with Crippen LogP contribution in [0.25, 0.3) is 0 Å². The summed E-state index contributed by atoms with van der Waals surface area (Å²) < 4.78 is 0. The highest BCUT2D eigenvalue weighted by Gasteiger charge is 2.39. The van der Waals surface area contributed by atoms with Crippen LogP contribution in [0, 0.1) is 0 Å². The molecule has 0 saturated carbocycles. The maximum atomic E-state index is 4.58. The van der Waals surface area contributed by atoms with Crippen molar-refractivity contribution in [3.8, 4) is 0 Å². The molecule has 3 aliphatic rings. The number of aliphatic imine (C=N–C) groups is 1. The predicted molar refractivity (Wildman–Crippen MR) is 136 cm³/mol. The number of anilines is 1. The Bertz CT molecular complexity index is 742. The molecule has 6 nitrogen and oxygen atoms in total. The Morgan fingerprint density at radius 3 is 2.38 bits per heavy atom. The molecule has 4 rings (SSSR count). The lowest BCUT2D eigenvalue weighted by molar-refractivity contribution is 0.0173. The van der Waals surface area contributed by atoms with Crippen molar-refractivity contribution in [2.45, 2.75) is 63.5 Å². The Morgan fingerprint density at radius 1 is 1.00 bits per heavy atom. The largest absolute Gasteiger partial charge is 0.372 e. The van der Waals surface area contributed by atoms with Gasteiger partial charge in [0.15, 0.2) is 5.96 Å².